The number of ether oxygens (including phenoxy) is 1. The Bertz CT molecular complexity index is 241. The van der Waals surface area contributed by atoms with E-state index in [9.17, 15) is 0 Å². The molecule has 2 bridgehead atoms. The molecule has 0 radical (unpaired) electrons. The summed E-state index contributed by atoms with van der Waals surface area (Å²) in [6, 6.07) is 0. The van der Waals surface area contributed by atoms with Crippen LogP contribution in [0.15, 0.2) is 24.5 Å². The van der Waals surface area contributed by atoms with Crippen molar-refractivity contribution in [2.24, 2.45) is 11.8 Å². The molecule has 52 valence electrons. The molecule has 1 heteroatoms. The summed E-state index contributed by atoms with van der Waals surface area (Å²) in [4.78, 5) is 0. The van der Waals surface area contributed by atoms with Crippen LogP contribution in [-0.4, -0.2) is 5.60 Å². The maximum Gasteiger partial charge on any atom is 0.172 e. The second-order valence-electron chi connectivity index (χ2n) is 3.56. The van der Waals surface area contributed by atoms with Gasteiger partial charge in [0.1, 0.15) is 5.76 Å². The lowest BCUT2D eigenvalue weighted by molar-refractivity contribution is 0.273. The van der Waals surface area contributed by atoms with Gasteiger partial charge in [-0.3, -0.25) is 0 Å². The number of hydrogen-bond acceptors (Lipinski definition) is 1. The Labute approximate surface area is 60.4 Å². The Balaban J connectivity index is 2.09. The second kappa shape index (κ2) is 1.18. The molecule has 2 aliphatic carbocycles. The van der Waals surface area contributed by atoms with E-state index in [4.69, 9.17) is 4.74 Å². The number of hydrogen-bond donors (Lipinski definition) is 0. The highest BCUT2D eigenvalue weighted by atomic mass is 16.6. The van der Waals surface area contributed by atoms with Crippen molar-refractivity contribution in [3.63, 3.8) is 0 Å². The van der Waals surface area contributed by atoms with E-state index in [2.05, 4.69) is 18.7 Å². The Hall–Kier alpha value is -0.720. The van der Waals surface area contributed by atoms with Crippen LogP contribution in [-0.2, 0) is 4.74 Å². The zero-order valence-electron chi connectivity index (χ0n) is 5.84. The first-order chi connectivity index (χ1) is 4.85. The largest absolute Gasteiger partial charge is 0.479 e. The van der Waals surface area contributed by atoms with Crippen molar-refractivity contribution < 1.29 is 4.74 Å². The highest BCUT2D eigenvalue weighted by molar-refractivity contribution is 5.39. The maximum absolute atomic E-state index is 5.52. The van der Waals surface area contributed by atoms with Crippen molar-refractivity contribution in [1.82, 2.24) is 0 Å². The van der Waals surface area contributed by atoms with Crippen molar-refractivity contribution in [2.75, 3.05) is 0 Å². The molecule has 1 spiro atoms. The van der Waals surface area contributed by atoms with Crippen molar-refractivity contribution in [3.05, 3.63) is 24.5 Å². The van der Waals surface area contributed by atoms with Crippen LogP contribution in [0.25, 0.3) is 0 Å². The molecule has 10 heavy (non-hydrogen) atoms. The maximum atomic E-state index is 5.52. The van der Waals surface area contributed by atoms with E-state index in [1.54, 1.807) is 0 Å². The van der Waals surface area contributed by atoms with Crippen molar-refractivity contribution >= 4 is 0 Å². The Morgan fingerprint density at radius 3 is 3.20 bits per heavy atom. The zero-order valence-corrected chi connectivity index (χ0v) is 5.84. The van der Waals surface area contributed by atoms with Crippen LogP contribution in [0.3, 0.4) is 0 Å². The first-order valence-electron chi connectivity index (χ1n) is 3.89. The lowest BCUT2D eigenvalue weighted by Gasteiger charge is -2.06. The minimum Gasteiger partial charge on any atom is -0.479 e. The molecule has 3 rings (SSSR count). The third kappa shape index (κ3) is 0.335. The molecular formula is C9H10O. The molecule has 3 aliphatic rings. The average Bonchev–Trinajstić information content (AvgIpc) is 2.36. The Kier molecular flexibility index (Phi) is 0.590. The van der Waals surface area contributed by atoms with Crippen LogP contribution >= 0.6 is 0 Å². The van der Waals surface area contributed by atoms with Gasteiger partial charge in [0.2, 0.25) is 0 Å². The SMILES string of the molecule is C=CC1CC2C=C3OC31C2. The molecule has 0 aromatic rings. The summed E-state index contributed by atoms with van der Waals surface area (Å²) in [6.45, 7) is 3.83. The fourth-order valence-electron chi connectivity index (χ4n) is 2.51. The smallest absolute Gasteiger partial charge is 0.172 e. The van der Waals surface area contributed by atoms with E-state index in [1.807, 2.05) is 0 Å². The summed E-state index contributed by atoms with van der Waals surface area (Å²) < 4.78 is 5.52. The van der Waals surface area contributed by atoms with Crippen molar-refractivity contribution in [1.29, 1.82) is 0 Å². The summed E-state index contributed by atoms with van der Waals surface area (Å²) in [5.41, 5.74) is 0.187. The van der Waals surface area contributed by atoms with E-state index in [0.717, 1.165) is 5.92 Å². The molecule has 1 nitrogen and oxygen atoms in total. The summed E-state index contributed by atoms with van der Waals surface area (Å²) in [7, 11) is 0. The molecule has 0 N–H and O–H groups in total. The van der Waals surface area contributed by atoms with Crippen molar-refractivity contribution in [3.8, 4) is 0 Å². The lowest BCUT2D eigenvalue weighted by Crippen LogP contribution is -2.13. The second-order valence-corrected chi connectivity index (χ2v) is 3.56. The van der Waals surface area contributed by atoms with Gasteiger partial charge in [-0.15, -0.1) is 6.58 Å². The van der Waals surface area contributed by atoms with Gasteiger partial charge in [0, 0.05) is 12.3 Å². The highest BCUT2D eigenvalue weighted by Crippen LogP contribution is 2.64. The molecule has 1 aliphatic heterocycles. The number of allylic oxidation sites excluding steroid dienone is 1. The molecule has 1 saturated carbocycles. The number of fused-ring (bicyclic) bond motifs is 1. The Morgan fingerprint density at radius 1 is 1.80 bits per heavy atom. The van der Waals surface area contributed by atoms with Crippen LogP contribution in [0, 0.1) is 11.8 Å². The lowest BCUT2D eigenvalue weighted by atomic mass is 9.93. The Morgan fingerprint density at radius 2 is 2.70 bits per heavy atom. The first-order valence-corrected chi connectivity index (χ1v) is 3.89. The third-order valence-electron chi connectivity index (χ3n) is 3.06. The van der Waals surface area contributed by atoms with Gasteiger partial charge in [-0.2, -0.15) is 0 Å². The molecule has 0 aromatic heterocycles. The van der Waals surface area contributed by atoms with Gasteiger partial charge in [-0.05, 0) is 18.4 Å². The normalized spacial score (nSPS) is 53.4. The predicted octanol–water partition coefficient (Wildman–Crippen LogP) is 1.87. The minimum atomic E-state index is 0.187. The summed E-state index contributed by atoms with van der Waals surface area (Å²) in [6.07, 6.45) is 6.85. The van der Waals surface area contributed by atoms with Crippen molar-refractivity contribution in [2.45, 2.75) is 18.4 Å². The molecule has 0 amide bonds. The first kappa shape index (κ1) is 5.00. The molecule has 3 unspecified atom stereocenters. The minimum absolute atomic E-state index is 0.187. The monoisotopic (exact) mass is 134 g/mol. The van der Waals surface area contributed by atoms with E-state index >= 15 is 0 Å². The standard InChI is InChI=1S/C9H10O/c1-2-7-3-6-4-8-9(7,5-6)10-8/h2,4,6-7H,1,3,5H2. The average molecular weight is 134 g/mol. The van der Waals surface area contributed by atoms with Gasteiger partial charge in [0.05, 0.1) is 0 Å². The summed E-state index contributed by atoms with van der Waals surface area (Å²) in [5, 5.41) is 0. The van der Waals surface area contributed by atoms with E-state index in [1.165, 1.54) is 18.6 Å². The topological polar surface area (TPSA) is 12.5 Å². The van der Waals surface area contributed by atoms with Gasteiger partial charge in [0.15, 0.2) is 5.60 Å². The van der Waals surface area contributed by atoms with Crippen LogP contribution in [0.1, 0.15) is 12.8 Å². The van der Waals surface area contributed by atoms with Crippen LogP contribution in [0.2, 0.25) is 0 Å². The fourth-order valence-corrected chi connectivity index (χ4v) is 2.51. The number of epoxide rings is 1. The molecule has 2 fully saturated rings. The van der Waals surface area contributed by atoms with E-state index in [0.29, 0.717) is 5.92 Å². The van der Waals surface area contributed by atoms with Crippen LogP contribution in [0.5, 0.6) is 0 Å². The quantitative estimate of drug-likeness (QED) is 0.394. The van der Waals surface area contributed by atoms with Crippen LogP contribution < -0.4 is 0 Å². The molecule has 0 aromatic carbocycles. The molecule has 3 atom stereocenters. The zero-order chi connectivity index (χ0) is 6.77. The highest BCUT2D eigenvalue weighted by Gasteiger charge is 2.66. The molecular weight excluding hydrogens is 124 g/mol. The third-order valence-corrected chi connectivity index (χ3v) is 3.06. The predicted molar refractivity (Wildman–Crippen MR) is 38.3 cm³/mol. The fraction of sp³-hybridized carbons (Fsp3) is 0.556. The van der Waals surface area contributed by atoms with Gasteiger partial charge in [0.25, 0.3) is 0 Å². The summed E-state index contributed by atoms with van der Waals surface area (Å²) >= 11 is 0. The molecule has 1 saturated heterocycles. The van der Waals surface area contributed by atoms with Crippen LogP contribution in [0.4, 0.5) is 0 Å². The number of rotatable bonds is 1. The van der Waals surface area contributed by atoms with E-state index < -0.39 is 0 Å². The van der Waals surface area contributed by atoms with Gasteiger partial charge < -0.3 is 4.74 Å². The summed E-state index contributed by atoms with van der Waals surface area (Å²) in [5.74, 6) is 2.69. The molecule has 1 heterocycles. The van der Waals surface area contributed by atoms with Gasteiger partial charge in [-0.1, -0.05) is 6.08 Å². The van der Waals surface area contributed by atoms with Gasteiger partial charge in [-0.25, -0.2) is 0 Å². The van der Waals surface area contributed by atoms with E-state index in [-0.39, 0.29) is 5.60 Å². The van der Waals surface area contributed by atoms with Gasteiger partial charge >= 0.3 is 0 Å².